The van der Waals surface area contributed by atoms with Crippen molar-refractivity contribution in [3.05, 3.63) is 23.8 Å². The summed E-state index contributed by atoms with van der Waals surface area (Å²) in [4.78, 5) is 4.72. The molecule has 0 atom stereocenters. The van der Waals surface area contributed by atoms with Crippen LogP contribution in [0.4, 0.5) is 5.69 Å². The number of fused-ring (bicyclic) bond motifs is 1. The fourth-order valence-electron chi connectivity index (χ4n) is 2.56. The highest BCUT2D eigenvalue weighted by Gasteiger charge is 2.15. The van der Waals surface area contributed by atoms with Crippen LogP contribution in [0.2, 0.25) is 0 Å². The van der Waals surface area contributed by atoms with Crippen molar-refractivity contribution in [3.8, 4) is 5.75 Å². The molecule has 0 radical (unpaired) electrons. The SMILES string of the molecule is CCN(CCCN(C)C)Cc1cccc2c1OCCN2. The number of para-hydroxylation sites is 1. The van der Waals surface area contributed by atoms with Gasteiger partial charge < -0.3 is 15.0 Å². The van der Waals surface area contributed by atoms with Crippen LogP contribution in [0.5, 0.6) is 5.75 Å². The summed E-state index contributed by atoms with van der Waals surface area (Å²) in [5.74, 6) is 1.05. The van der Waals surface area contributed by atoms with Crippen molar-refractivity contribution in [2.45, 2.75) is 19.9 Å². The van der Waals surface area contributed by atoms with Crippen molar-refractivity contribution in [2.24, 2.45) is 0 Å². The van der Waals surface area contributed by atoms with Crippen molar-refractivity contribution in [1.82, 2.24) is 9.80 Å². The highest BCUT2D eigenvalue weighted by molar-refractivity contribution is 5.61. The zero-order valence-electron chi connectivity index (χ0n) is 13.0. The number of benzene rings is 1. The van der Waals surface area contributed by atoms with Gasteiger partial charge >= 0.3 is 0 Å². The van der Waals surface area contributed by atoms with Gasteiger partial charge in [0.1, 0.15) is 12.4 Å². The quantitative estimate of drug-likeness (QED) is 0.827. The number of hydrogen-bond acceptors (Lipinski definition) is 4. The minimum Gasteiger partial charge on any atom is -0.489 e. The van der Waals surface area contributed by atoms with Crippen LogP contribution in [-0.4, -0.2) is 56.7 Å². The van der Waals surface area contributed by atoms with Crippen molar-refractivity contribution >= 4 is 5.69 Å². The number of anilines is 1. The normalized spacial score (nSPS) is 14.1. The van der Waals surface area contributed by atoms with E-state index in [1.165, 1.54) is 12.0 Å². The Labute approximate surface area is 122 Å². The lowest BCUT2D eigenvalue weighted by atomic mass is 10.1. The summed E-state index contributed by atoms with van der Waals surface area (Å²) >= 11 is 0. The highest BCUT2D eigenvalue weighted by atomic mass is 16.5. The molecule has 20 heavy (non-hydrogen) atoms. The van der Waals surface area contributed by atoms with Crippen LogP contribution in [0.15, 0.2) is 18.2 Å². The molecule has 0 spiro atoms. The lowest BCUT2D eigenvalue weighted by Gasteiger charge is -2.26. The topological polar surface area (TPSA) is 27.7 Å². The molecule has 1 N–H and O–H groups in total. The Morgan fingerprint density at radius 1 is 1.25 bits per heavy atom. The smallest absolute Gasteiger partial charge is 0.146 e. The Morgan fingerprint density at radius 2 is 2.10 bits per heavy atom. The first-order valence-corrected chi connectivity index (χ1v) is 7.56. The third kappa shape index (κ3) is 4.12. The van der Waals surface area contributed by atoms with E-state index in [0.29, 0.717) is 0 Å². The van der Waals surface area contributed by atoms with Crippen LogP contribution in [0, 0.1) is 0 Å². The van der Waals surface area contributed by atoms with Gasteiger partial charge in [0.15, 0.2) is 0 Å². The van der Waals surface area contributed by atoms with Gasteiger partial charge in [-0.25, -0.2) is 0 Å². The summed E-state index contributed by atoms with van der Waals surface area (Å²) in [5.41, 5.74) is 2.43. The third-order valence-electron chi connectivity index (χ3n) is 3.68. The molecule has 0 saturated carbocycles. The first-order chi connectivity index (χ1) is 9.70. The Bertz CT molecular complexity index is 420. The fourth-order valence-corrected chi connectivity index (χ4v) is 2.56. The zero-order valence-corrected chi connectivity index (χ0v) is 13.0. The molecule has 0 aliphatic carbocycles. The molecule has 4 nitrogen and oxygen atoms in total. The van der Waals surface area contributed by atoms with E-state index in [1.807, 2.05) is 0 Å². The lowest BCUT2D eigenvalue weighted by molar-refractivity contribution is 0.251. The van der Waals surface area contributed by atoms with Crippen LogP contribution >= 0.6 is 0 Å². The maximum Gasteiger partial charge on any atom is 0.146 e. The molecule has 0 bridgehead atoms. The van der Waals surface area contributed by atoms with Crippen LogP contribution < -0.4 is 10.1 Å². The molecule has 0 unspecified atom stereocenters. The number of nitrogens with one attached hydrogen (secondary N) is 1. The van der Waals surface area contributed by atoms with E-state index in [9.17, 15) is 0 Å². The molecule has 0 saturated heterocycles. The number of hydrogen-bond donors (Lipinski definition) is 1. The summed E-state index contributed by atoms with van der Waals surface area (Å²) in [5, 5.41) is 3.40. The van der Waals surface area contributed by atoms with Gasteiger partial charge in [-0.15, -0.1) is 0 Å². The number of nitrogens with zero attached hydrogens (tertiary/aromatic N) is 2. The highest BCUT2D eigenvalue weighted by Crippen LogP contribution is 2.31. The maximum atomic E-state index is 5.85. The summed E-state index contributed by atoms with van der Waals surface area (Å²) in [6.07, 6.45) is 1.20. The second-order valence-corrected chi connectivity index (χ2v) is 5.59. The van der Waals surface area contributed by atoms with Crippen molar-refractivity contribution < 1.29 is 4.74 Å². The first-order valence-electron chi connectivity index (χ1n) is 7.56. The van der Waals surface area contributed by atoms with Crippen LogP contribution in [0.25, 0.3) is 0 Å². The lowest BCUT2D eigenvalue weighted by Crippen LogP contribution is -2.28. The zero-order chi connectivity index (χ0) is 14.4. The summed E-state index contributed by atoms with van der Waals surface area (Å²) in [6.45, 7) is 8.20. The molecule has 2 rings (SSSR count). The predicted octanol–water partition coefficient (Wildman–Crippen LogP) is 2.26. The minimum atomic E-state index is 0.761. The average molecular weight is 277 g/mol. The molecule has 4 heteroatoms. The third-order valence-corrected chi connectivity index (χ3v) is 3.68. The fraction of sp³-hybridized carbons (Fsp3) is 0.625. The van der Waals surface area contributed by atoms with Gasteiger partial charge in [-0.2, -0.15) is 0 Å². The van der Waals surface area contributed by atoms with Gasteiger partial charge in [-0.3, -0.25) is 4.90 Å². The molecular formula is C16H27N3O. The van der Waals surface area contributed by atoms with Gasteiger partial charge in [-0.1, -0.05) is 19.1 Å². The van der Waals surface area contributed by atoms with Crippen molar-refractivity contribution in [1.29, 1.82) is 0 Å². The van der Waals surface area contributed by atoms with Gasteiger partial charge in [0.2, 0.25) is 0 Å². The van der Waals surface area contributed by atoms with Crippen LogP contribution in [0.3, 0.4) is 0 Å². The van der Waals surface area contributed by atoms with Crippen LogP contribution in [0.1, 0.15) is 18.9 Å². The van der Waals surface area contributed by atoms with E-state index >= 15 is 0 Å². The molecule has 112 valence electrons. The van der Waals surface area contributed by atoms with Gasteiger partial charge in [0.25, 0.3) is 0 Å². The predicted molar refractivity (Wildman–Crippen MR) is 84.5 cm³/mol. The van der Waals surface area contributed by atoms with E-state index in [2.05, 4.69) is 54.3 Å². The van der Waals surface area contributed by atoms with Gasteiger partial charge in [0, 0.05) is 18.7 Å². The van der Waals surface area contributed by atoms with E-state index in [-0.39, 0.29) is 0 Å². The van der Waals surface area contributed by atoms with Crippen LogP contribution in [-0.2, 0) is 6.54 Å². The van der Waals surface area contributed by atoms with E-state index in [0.717, 1.165) is 50.8 Å². The number of ether oxygens (including phenoxy) is 1. The Hall–Kier alpha value is -1.26. The second-order valence-electron chi connectivity index (χ2n) is 5.59. The molecule has 1 heterocycles. The van der Waals surface area contributed by atoms with E-state index < -0.39 is 0 Å². The maximum absolute atomic E-state index is 5.85. The molecule has 1 aromatic carbocycles. The summed E-state index contributed by atoms with van der Waals surface area (Å²) in [7, 11) is 4.26. The Morgan fingerprint density at radius 3 is 2.85 bits per heavy atom. The summed E-state index contributed by atoms with van der Waals surface area (Å²) < 4.78 is 5.85. The van der Waals surface area contributed by atoms with E-state index in [4.69, 9.17) is 4.74 Å². The van der Waals surface area contributed by atoms with Crippen molar-refractivity contribution in [3.63, 3.8) is 0 Å². The largest absolute Gasteiger partial charge is 0.489 e. The summed E-state index contributed by atoms with van der Waals surface area (Å²) in [6, 6.07) is 6.39. The standard InChI is InChI=1S/C16H27N3O/c1-4-19(11-6-10-18(2)3)13-14-7-5-8-15-16(14)20-12-9-17-15/h5,7-8,17H,4,6,9-13H2,1-3H3. The Balaban J connectivity index is 1.97. The average Bonchev–Trinajstić information content (AvgIpc) is 2.46. The van der Waals surface area contributed by atoms with Crippen molar-refractivity contribution in [2.75, 3.05) is 52.2 Å². The molecule has 1 aromatic rings. The molecule has 0 aromatic heterocycles. The monoisotopic (exact) mass is 277 g/mol. The molecule has 1 aliphatic heterocycles. The molecule has 0 fully saturated rings. The first kappa shape index (κ1) is 15.1. The van der Waals surface area contributed by atoms with Gasteiger partial charge in [-0.05, 0) is 46.2 Å². The minimum absolute atomic E-state index is 0.761. The molecule has 1 aliphatic rings. The van der Waals surface area contributed by atoms with E-state index in [1.54, 1.807) is 0 Å². The second kappa shape index (κ2) is 7.50. The number of rotatable bonds is 7. The van der Waals surface area contributed by atoms with Gasteiger partial charge in [0.05, 0.1) is 5.69 Å². The Kier molecular flexibility index (Phi) is 5.68. The molecule has 0 amide bonds. The molecular weight excluding hydrogens is 250 g/mol.